The van der Waals surface area contributed by atoms with Crippen LogP contribution >= 0.6 is 11.6 Å². The zero-order chi connectivity index (χ0) is 16.3. The van der Waals surface area contributed by atoms with E-state index < -0.39 is 17.6 Å². The lowest BCUT2D eigenvalue weighted by atomic mass is 10.1. The second-order valence-electron chi connectivity index (χ2n) is 5.58. The van der Waals surface area contributed by atoms with Crippen molar-refractivity contribution in [3.63, 3.8) is 0 Å². The number of hydrogen-bond acceptors (Lipinski definition) is 3. The number of halogens is 2. The molecule has 5 nitrogen and oxygen atoms in total. The van der Waals surface area contributed by atoms with Gasteiger partial charge in [-0.05, 0) is 19.2 Å². The standard InChI is InChI=1S/C15H19ClFN3O2/c1-19-5-6-20(9-10(8-19)15(18)22)14(21)7-11-12(16)3-2-4-13(11)17/h2-4,10H,5-9H2,1H3,(H2,18,22). The van der Waals surface area contributed by atoms with Crippen molar-refractivity contribution in [2.45, 2.75) is 6.42 Å². The van der Waals surface area contributed by atoms with Gasteiger partial charge in [0.1, 0.15) is 5.82 Å². The Morgan fingerprint density at radius 1 is 1.36 bits per heavy atom. The van der Waals surface area contributed by atoms with Crippen LogP contribution in [-0.2, 0) is 16.0 Å². The maximum atomic E-state index is 13.8. The molecule has 0 spiro atoms. The number of carbonyl (C=O) groups is 2. The Morgan fingerprint density at radius 3 is 2.73 bits per heavy atom. The van der Waals surface area contributed by atoms with Gasteiger partial charge >= 0.3 is 0 Å². The third-order valence-electron chi connectivity index (χ3n) is 3.87. The zero-order valence-electron chi connectivity index (χ0n) is 12.4. The molecule has 1 unspecified atom stereocenters. The average Bonchev–Trinajstić information content (AvgIpc) is 2.65. The van der Waals surface area contributed by atoms with E-state index in [0.717, 1.165) is 0 Å². The van der Waals surface area contributed by atoms with Gasteiger partial charge in [0.05, 0.1) is 12.3 Å². The molecule has 1 heterocycles. The fraction of sp³-hybridized carbons (Fsp3) is 0.467. The van der Waals surface area contributed by atoms with Crippen molar-refractivity contribution in [2.24, 2.45) is 11.7 Å². The number of primary amides is 1. The summed E-state index contributed by atoms with van der Waals surface area (Å²) >= 11 is 5.95. The molecule has 0 bridgehead atoms. The van der Waals surface area contributed by atoms with Crippen molar-refractivity contribution in [2.75, 3.05) is 33.2 Å². The highest BCUT2D eigenvalue weighted by atomic mass is 35.5. The van der Waals surface area contributed by atoms with E-state index in [0.29, 0.717) is 19.6 Å². The van der Waals surface area contributed by atoms with Gasteiger partial charge in [-0.2, -0.15) is 0 Å². The van der Waals surface area contributed by atoms with Gasteiger partial charge in [-0.3, -0.25) is 9.59 Å². The Bertz CT molecular complexity index is 562. The van der Waals surface area contributed by atoms with Crippen molar-refractivity contribution in [1.29, 1.82) is 0 Å². The number of rotatable bonds is 3. The summed E-state index contributed by atoms with van der Waals surface area (Å²) in [5, 5.41) is 0.228. The molecule has 7 heteroatoms. The Morgan fingerprint density at radius 2 is 2.09 bits per heavy atom. The normalized spacial score (nSPS) is 19.8. The Hall–Kier alpha value is -1.66. The molecule has 1 fully saturated rings. The van der Waals surface area contributed by atoms with Gasteiger partial charge in [-0.1, -0.05) is 17.7 Å². The third kappa shape index (κ3) is 3.96. The second kappa shape index (κ2) is 7.07. The fourth-order valence-electron chi connectivity index (χ4n) is 2.54. The number of nitrogens with zero attached hydrogens (tertiary/aromatic N) is 2. The van der Waals surface area contributed by atoms with Crippen molar-refractivity contribution >= 4 is 23.4 Å². The second-order valence-corrected chi connectivity index (χ2v) is 5.99. The van der Waals surface area contributed by atoms with Crippen molar-refractivity contribution < 1.29 is 14.0 Å². The molecule has 2 amide bonds. The molecule has 120 valence electrons. The van der Waals surface area contributed by atoms with Crippen LogP contribution in [-0.4, -0.2) is 54.8 Å². The number of likely N-dealkylation sites (N-methyl/N-ethyl adjacent to an activating group) is 1. The molecule has 1 saturated heterocycles. The van der Waals surface area contributed by atoms with Gasteiger partial charge in [0, 0.05) is 36.8 Å². The Labute approximate surface area is 133 Å². The lowest BCUT2D eigenvalue weighted by Crippen LogP contribution is -2.41. The quantitative estimate of drug-likeness (QED) is 0.897. The summed E-state index contributed by atoms with van der Waals surface area (Å²) in [6.07, 6.45) is -0.124. The van der Waals surface area contributed by atoms with Gasteiger partial charge in [-0.25, -0.2) is 4.39 Å². The van der Waals surface area contributed by atoms with Crippen LogP contribution in [0.3, 0.4) is 0 Å². The van der Waals surface area contributed by atoms with E-state index >= 15 is 0 Å². The summed E-state index contributed by atoms with van der Waals surface area (Å²) < 4.78 is 13.8. The highest BCUT2D eigenvalue weighted by Crippen LogP contribution is 2.20. The van der Waals surface area contributed by atoms with Crippen LogP contribution in [0.1, 0.15) is 5.56 Å². The first-order chi connectivity index (χ1) is 10.4. The summed E-state index contributed by atoms with van der Waals surface area (Å²) in [4.78, 5) is 27.4. The molecule has 1 aromatic rings. The lowest BCUT2D eigenvalue weighted by Gasteiger charge is -2.23. The van der Waals surface area contributed by atoms with E-state index in [1.807, 2.05) is 11.9 Å². The Kier molecular flexibility index (Phi) is 5.37. The van der Waals surface area contributed by atoms with Crippen molar-refractivity contribution in [1.82, 2.24) is 9.80 Å². The maximum Gasteiger partial charge on any atom is 0.227 e. The van der Waals surface area contributed by atoms with Crippen LogP contribution in [0.2, 0.25) is 5.02 Å². The molecule has 2 N–H and O–H groups in total. The van der Waals surface area contributed by atoms with Crippen LogP contribution < -0.4 is 5.73 Å². The first kappa shape index (κ1) is 16.7. The number of amides is 2. The predicted octanol–water partition coefficient (Wildman–Crippen LogP) is 0.897. The number of nitrogens with two attached hydrogens (primary N) is 1. The first-order valence-electron chi connectivity index (χ1n) is 7.07. The first-order valence-corrected chi connectivity index (χ1v) is 7.44. The highest BCUT2D eigenvalue weighted by Gasteiger charge is 2.28. The molecule has 2 rings (SSSR count). The van der Waals surface area contributed by atoms with Gasteiger partial charge in [0.2, 0.25) is 11.8 Å². The van der Waals surface area contributed by atoms with Gasteiger partial charge in [-0.15, -0.1) is 0 Å². The molecule has 1 aliphatic rings. The largest absolute Gasteiger partial charge is 0.369 e. The molecular formula is C15H19ClFN3O2. The van der Waals surface area contributed by atoms with Crippen LogP contribution in [0.15, 0.2) is 18.2 Å². The average molecular weight is 328 g/mol. The summed E-state index contributed by atoms with van der Waals surface area (Å²) in [6, 6.07) is 4.32. The van der Waals surface area contributed by atoms with Crippen LogP contribution in [0, 0.1) is 11.7 Å². The predicted molar refractivity (Wildman–Crippen MR) is 81.9 cm³/mol. The molecular weight excluding hydrogens is 309 g/mol. The zero-order valence-corrected chi connectivity index (χ0v) is 13.1. The minimum atomic E-state index is -0.501. The van der Waals surface area contributed by atoms with E-state index in [1.54, 1.807) is 11.0 Å². The van der Waals surface area contributed by atoms with Crippen LogP contribution in [0.25, 0.3) is 0 Å². The number of carbonyl (C=O) groups excluding carboxylic acids is 2. The number of benzene rings is 1. The minimum Gasteiger partial charge on any atom is -0.369 e. The van der Waals surface area contributed by atoms with E-state index in [1.165, 1.54) is 12.1 Å². The summed E-state index contributed by atoms with van der Waals surface area (Å²) in [5.41, 5.74) is 5.56. The van der Waals surface area contributed by atoms with Crippen LogP contribution in [0.4, 0.5) is 4.39 Å². The maximum absolute atomic E-state index is 13.8. The third-order valence-corrected chi connectivity index (χ3v) is 4.22. The molecule has 0 aliphatic carbocycles. The summed E-state index contributed by atoms with van der Waals surface area (Å²) in [5.74, 6) is -1.61. The van der Waals surface area contributed by atoms with Gasteiger partial charge in [0.25, 0.3) is 0 Å². The topological polar surface area (TPSA) is 66.6 Å². The molecule has 0 aromatic heterocycles. The molecule has 1 aliphatic heterocycles. The van der Waals surface area contributed by atoms with Gasteiger partial charge in [0.15, 0.2) is 0 Å². The molecule has 22 heavy (non-hydrogen) atoms. The highest BCUT2D eigenvalue weighted by molar-refractivity contribution is 6.31. The van der Waals surface area contributed by atoms with E-state index in [4.69, 9.17) is 17.3 Å². The fourth-order valence-corrected chi connectivity index (χ4v) is 2.77. The number of hydrogen-bond donors (Lipinski definition) is 1. The molecule has 0 radical (unpaired) electrons. The smallest absolute Gasteiger partial charge is 0.227 e. The summed E-state index contributed by atoms with van der Waals surface area (Å²) in [6.45, 7) is 1.88. The summed E-state index contributed by atoms with van der Waals surface area (Å²) in [7, 11) is 1.87. The van der Waals surface area contributed by atoms with Gasteiger partial charge < -0.3 is 15.5 Å². The Balaban J connectivity index is 2.12. The van der Waals surface area contributed by atoms with E-state index in [-0.39, 0.29) is 29.5 Å². The van der Waals surface area contributed by atoms with Crippen LogP contribution in [0.5, 0.6) is 0 Å². The molecule has 0 saturated carbocycles. The van der Waals surface area contributed by atoms with Crippen molar-refractivity contribution in [3.8, 4) is 0 Å². The monoisotopic (exact) mass is 327 g/mol. The molecule has 1 atom stereocenters. The molecule has 1 aromatic carbocycles. The van der Waals surface area contributed by atoms with Crippen molar-refractivity contribution in [3.05, 3.63) is 34.6 Å². The van der Waals surface area contributed by atoms with E-state index in [2.05, 4.69) is 0 Å². The minimum absolute atomic E-state index is 0.124. The lowest BCUT2D eigenvalue weighted by molar-refractivity contribution is -0.131. The van der Waals surface area contributed by atoms with E-state index in [9.17, 15) is 14.0 Å². The SMILES string of the molecule is CN1CCN(C(=O)Cc2c(F)cccc2Cl)CC(C(N)=O)C1.